The second kappa shape index (κ2) is 26.9. The van der Waals surface area contributed by atoms with Crippen LogP contribution in [0.2, 0.25) is 0 Å². The second-order valence-electron chi connectivity index (χ2n) is 15.7. The van der Waals surface area contributed by atoms with Crippen molar-refractivity contribution in [2.24, 2.45) is 0 Å². The highest BCUT2D eigenvalue weighted by Gasteiger charge is 2.47. The minimum absolute atomic E-state index is 0. The molecular weight excluding hydrogens is 899 g/mol. The lowest BCUT2D eigenvalue weighted by Gasteiger charge is -2.27. The number of hydrogen-bond donors (Lipinski definition) is 1. The molecule has 0 bridgehead atoms. The molecule has 1 amide bonds. The van der Waals surface area contributed by atoms with Crippen LogP contribution in [-0.2, 0) is 4.79 Å². The Kier molecular flexibility index (Phi) is 21.8. The summed E-state index contributed by atoms with van der Waals surface area (Å²) in [6.45, 7) is 2.28. The van der Waals surface area contributed by atoms with Crippen LogP contribution in [0.15, 0.2) is 176 Å². The van der Waals surface area contributed by atoms with Gasteiger partial charge in [0, 0.05) is 13.1 Å². The summed E-state index contributed by atoms with van der Waals surface area (Å²) in [5.41, 5.74) is 6.45. The first-order valence-corrected chi connectivity index (χ1v) is 23.6. The van der Waals surface area contributed by atoms with Crippen molar-refractivity contribution in [3.63, 3.8) is 0 Å². The summed E-state index contributed by atoms with van der Waals surface area (Å²) in [5.74, 6) is 1.04. The fourth-order valence-electron chi connectivity index (χ4n) is 7.99. The van der Waals surface area contributed by atoms with Crippen molar-refractivity contribution in [1.29, 1.82) is 0 Å². The maximum Gasteiger partial charge on any atom is 0.258 e. The van der Waals surface area contributed by atoms with Crippen molar-refractivity contribution < 1.29 is 26.5 Å². The largest absolute Gasteiger partial charge is 1.00 e. The third-order valence-corrected chi connectivity index (χ3v) is 15.4. The molecule has 320 valence electrons. The molecule has 0 aliphatic heterocycles. The van der Waals surface area contributed by atoms with E-state index in [9.17, 15) is 4.79 Å². The molecule has 61 heavy (non-hydrogen) atoms. The highest BCUT2D eigenvalue weighted by molar-refractivity contribution is 8.93. The van der Waals surface area contributed by atoms with E-state index in [1.54, 1.807) is 0 Å². The van der Waals surface area contributed by atoms with E-state index >= 15 is 0 Å². The summed E-state index contributed by atoms with van der Waals surface area (Å²) in [7, 11) is 1.95. The van der Waals surface area contributed by atoms with Gasteiger partial charge in [-0.15, -0.1) is 17.0 Å². The van der Waals surface area contributed by atoms with Crippen molar-refractivity contribution in [1.82, 2.24) is 10.2 Å². The average Bonchev–Trinajstić information content (AvgIpc) is 3.29. The maximum atomic E-state index is 13.7. The van der Waals surface area contributed by atoms with Crippen molar-refractivity contribution in [3.05, 3.63) is 193 Å². The van der Waals surface area contributed by atoms with Gasteiger partial charge >= 0.3 is 0 Å². The van der Waals surface area contributed by atoms with Gasteiger partial charge in [0.15, 0.2) is 6.16 Å². The van der Waals surface area contributed by atoms with Crippen molar-refractivity contribution >= 4 is 57.2 Å². The topological polar surface area (TPSA) is 41.6 Å². The monoisotopic (exact) mass is 960 g/mol. The number of allylic oxidation sites excluding steroid dienone is 1. The van der Waals surface area contributed by atoms with Gasteiger partial charge in [-0.05, 0) is 110 Å². The predicted octanol–water partition coefficient (Wildman–Crippen LogP) is 8.79. The summed E-state index contributed by atoms with van der Waals surface area (Å²) >= 11 is 0. The predicted molar refractivity (Wildman–Crippen MR) is 264 cm³/mol. The van der Waals surface area contributed by atoms with Crippen LogP contribution in [0, 0.1) is 0 Å². The first kappa shape index (κ1) is 49.3. The van der Waals surface area contributed by atoms with E-state index in [2.05, 4.69) is 200 Å². The van der Waals surface area contributed by atoms with E-state index in [1.165, 1.54) is 75.9 Å². The van der Waals surface area contributed by atoms with Gasteiger partial charge in [0.2, 0.25) is 0 Å². The molecule has 0 saturated heterocycles. The smallest absolute Gasteiger partial charge is 0.258 e. The summed E-state index contributed by atoms with van der Waals surface area (Å²) in [5, 5.41) is 7.03. The Morgan fingerprint density at radius 3 is 1.41 bits per heavy atom. The third kappa shape index (κ3) is 14.6. The molecule has 7 heteroatoms. The first-order chi connectivity index (χ1) is 29.0. The number of unbranched alkanes of at least 4 members (excludes halogenated alkanes) is 7. The van der Waals surface area contributed by atoms with Crippen LogP contribution in [0.3, 0.4) is 0 Å². The number of benzene rings is 6. The van der Waals surface area contributed by atoms with Crippen LogP contribution in [0.4, 0.5) is 0 Å². The second-order valence-corrected chi connectivity index (χ2v) is 19.1. The minimum atomic E-state index is -2.18. The Morgan fingerprint density at radius 2 is 0.934 bits per heavy atom. The highest BCUT2D eigenvalue weighted by atomic mass is 79.9. The van der Waals surface area contributed by atoms with Crippen LogP contribution < -0.4 is 42.9 Å². The van der Waals surface area contributed by atoms with Gasteiger partial charge in [0.25, 0.3) is 5.91 Å². The van der Waals surface area contributed by atoms with Gasteiger partial charge in [-0.2, -0.15) is 0 Å². The van der Waals surface area contributed by atoms with E-state index < -0.39 is 7.26 Å². The molecule has 0 saturated carbocycles. The van der Waals surface area contributed by atoms with E-state index in [4.69, 9.17) is 4.74 Å². The molecule has 0 aromatic heterocycles. The van der Waals surface area contributed by atoms with E-state index in [1.807, 2.05) is 0 Å². The number of nitrogens with one attached hydrogen (secondary N) is 1. The zero-order valence-corrected chi connectivity index (χ0v) is 40.1. The molecule has 1 N–H and O–H groups in total. The molecule has 0 spiro atoms. The third-order valence-electron chi connectivity index (χ3n) is 11.1. The number of nitrogens with zero attached hydrogens (tertiary/aromatic N) is 1. The number of hydrogen-bond acceptors (Lipinski definition) is 3. The molecule has 4 nitrogen and oxygen atoms in total. The zero-order chi connectivity index (χ0) is 41.0. The van der Waals surface area contributed by atoms with Crippen LogP contribution in [0.1, 0.15) is 74.5 Å². The van der Waals surface area contributed by atoms with Gasteiger partial charge in [0.1, 0.15) is 35.5 Å². The number of carbonyl (C=O) groups excluding carboxylic acids is 1. The summed E-state index contributed by atoms with van der Waals surface area (Å²) in [4.78, 5) is 15.9. The molecule has 0 atom stereocenters. The number of ether oxygens (including phenoxy) is 1. The molecule has 0 radical (unpaired) electrons. The van der Waals surface area contributed by atoms with Crippen LogP contribution in [-0.4, -0.2) is 50.8 Å². The molecule has 0 unspecified atom stereocenters. The molecule has 0 fully saturated rings. The van der Waals surface area contributed by atoms with Gasteiger partial charge in [-0.3, -0.25) is 4.79 Å². The van der Waals surface area contributed by atoms with Crippen LogP contribution in [0.5, 0.6) is 5.75 Å². The van der Waals surface area contributed by atoms with Gasteiger partial charge in [-0.25, -0.2) is 0 Å². The lowest BCUT2D eigenvalue weighted by atomic mass is 9.86. The van der Waals surface area contributed by atoms with Crippen molar-refractivity contribution in [3.8, 4) is 5.75 Å². The summed E-state index contributed by atoms with van der Waals surface area (Å²) in [6, 6.07) is 62.4. The molecule has 6 aromatic rings. The number of rotatable bonds is 23. The Labute approximate surface area is 387 Å². The van der Waals surface area contributed by atoms with Gasteiger partial charge < -0.3 is 31.9 Å². The number of halogens is 2. The molecule has 6 aromatic carbocycles. The molecular formula is C54H63Br2N2O2P. The summed E-state index contributed by atoms with van der Waals surface area (Å²) in [6.07, 6.45) is 10.9. The van der Waals surface area contributed by atoms with Crippen molar-refractivity contribution in [2.75, 3.05) is 40.0 Å². The lowest BCUT2D eigenvalue weighted by Crippen LogP contribution is -3.00. The molecule has 0 aliphatic rings. The van der Waals surface area contributed by atoms with Gasteiger partial charge in [-0.1, -0.05) is 166 Å². The zero-order valence-electron chi connectivity index (χ0n) is 35.9. The van der Waals surface area contributed by atoms with E-state index in [0.717, 1.165) is 44.5 Å². The lowest BCUT2D eigenvalue weighted by molar-refractivity contribution is -0.118. The quantitative estimate of drug-likeness (QED) is 0.0397. The van der Waals surface area contributed by atoms with E-state index in [0.29, 0.717) is 12.8 Å². The standard InChI is InChI=1S/C54H61N2O2P.2BrH/c1-56(2)42-43-58-48-39-37-47(38-40-48)54(46-28-16-10-17-29-46)52(45-26-14-9-15-27-45)36-24-7-5-3-4-6-8-25-41-55-53(57)44-59(49-30-18-11-19-31-49,50-32-20-12-21-33-50)51-34-22-13-23-35-51;;/h9-23,26-35,37-40H,3-8,24-25,36,41-44H2,1-2H3;2*1H/b54-52-;;. The fourth-order valence-corrected chi connectivity index (χ4v) is 12.0. The Balaban J connectivity index is 0.00000410. The summed E-state index contributed by atoms with van der Waals surface area (Å²) < 4.78 is 6.03. The molecule has 0 heterocycles. The highest BCUT2D eigenvalue weighted by Crippen LogP contribution is 2.55. The molecule has 6 rings (SSSR count). The number of likely N-dealkylation sites (N-methyl/N-ethyl adjacent to an activating group) is 1. The Bertz CT molecular complexity index is 2040. The first-order valence-electron chi connectivity index (χ1n) is 21.6. The normalized spacial score (nSPS) is 11.5. The van der Waals surface area contributed by atoms with E-state index in [-0.39, 0.29) is 39.9 Å². The molecule has 0 aliphatic carbocycles. The Morgan fingerprint density at radius 1 is 0.525 bits per heavy atom. The minimum Gasteiger partial charge on any atom is -1.00 e. The SMILES string of the molecule is Br.CN(C)CCOc1ccc(/C(=C(/CCCCCCCCCCNC(=O)C[P+](c2ccccc2)(c2ccccc2)c2ccccc2)c2ccccc2)c2ccccc2)cc1.[Br-]. The van der Waals surface area contributed by atoms with Crippen LogP contribution >= 0.6 is 24.2 Å². The van der Waals surface area contributed by atoms with Crippen LogP contribution in [0.25, 0.3) is 11.1 Å². The Hall–Kier alpha value is -4.32. The maximum absolute atomic E-state index is 13.7. The van der Waals surface area contributed by atoms with Crippen molar-refractivity contribution in [2.45, 2.75) is 57.8 Å². The van der Waals surface area contributed by atoms with Gasteiger partial charge in [0.05, 0.1) is 0 Å². The fraction of sp³-hybridized carbons (Fsp3) is 0.278. The number of amides is 1. The average molecular weight is 963 g/mol. The number of carbonyl (C=O) groups is 1.